The second kappa shape index (κ2) is 13.2. The van der Waals surface area contributed by atoms with Crippen LogP contribution in [0.25, 0.3) is 32.7 Å². The lowest BCUT2D eigenvalue weighted by molar-refractivity contribution is 0.590. The Balaban J connectivity index is 1.60. The van der Waals surface area contributed by atoms with E-state index in [2.05, 4.69) is 0 Å². The molecule has 8 rings (SSSR count). The third kappa shape index (κ3) is 5.60. The van der Waals surface area contributed by atoms with Crippen molar-refractivity contribution in [3.05, 3.63) is 193 Å². The Bertz CT molecular complexity index is 2490. The van der Waals surface area contributed by atoms with Crippen LogP contribution < -0.4 is 31.8 Å². The summed E-state index contributed by atoms with van der Waals surface area (Å²) in [5.74, 6) is -2.49. The molecule has 0 aromatic heterocycles. The Kier molecular flexibility index (Phi) is 8.54. The van der Waals surface area contributed by atoms with Crippen LogP contribution in [0.1, 0.15) is 0 Å². The first-order valence-electron chi connectivity index (χ1n) is 16.5. The molecule has 8 heteroatoms. The summed E-state index contributed by atoms with van der Waals surface area (Å²) in [6.45, 7) is 0. The van der Waals surface area contributed by atoms with E-state index in [1.165, 1.54) is 72.8 Å². The van der Waals surface area contributed by atoms with Gasteiger partial charge in [0.1, 0.15) is 23.3 Å². The average molecular weight is 727 g/mol. The van der Waals surface area contributed by atoms with Crippen molar-refractivity contribution in [2.75, 3.05) is 0 Å². The van der Waals surface area contributed by atoms with Crippen molar-refractivity contribution in [1.29, 1.82) is 0 Å². The molecular formula is C44H28F4O2P2. The number of hydrogen-bond acceptors (Lipinski definition) is 2. The molecule has 0 aliphatic rings. The minimum atomic E-state index is -4.14. The van der Waals surface area contributed by atoms with E-state index in [1.807, 2.05) is 60.7 Å². The van der Waals surface area contributed by atoms with Gasteiger partial charge in [0.05, 0.1) is 0 Å². The van der Waals surface area contributed by atoms with Gasteiger partial charge in [0.25, 0.3) is 0 Å². The van der Waals surface area contributed by atoms with Crippen LogP contribution >= 0.6 is 14.3 Å². The monoisotopic (exact) mass is 726 g/mol. The number of fused-ring (bicyclic) bond motifs is 2. The van der Waals surface area contributed by atoms with Crippen LogP contribution in [0.4, 0.5) is 17.6 Å². The van der Waals surface area contributed by atoms with Crippen molar-refractivity contribution >= 4 is 67.7 Å². The molecule has 2 nitrogen and oxygen atoms in total. The summed E-state index contributed by atoms with van der Waals surface area (Å²) in [5.41, 5.74) is 0.851. The van der Waals surface area contributed by atoms with Crippen molar-refractivity contribution in [2.24, 2.45) is 0 Å². The molecular weight excluding hydrogens is 698 g/mol. The highest BCUT2D eigenvalue weighted by Crippen LogP contribution is 2.52. The van der Waals surface area contributed by atoms with Gasteiger partial charge in [0.2, 0.25) is 0 Å². The minimum Gasteiger partial charge on any atom is -0.309 e. The average Bonchev–Trinajstić information content (AvgIpc) is 3.16. The van der Waals surface area contributed by atoms with Crippen LogP contribution in [0.2, 0.25) is 0 Å². The van der Waals surface area contributed by atoms with Gasteiger partial charge in [-0.15, -0.1) is 0 Å². The maximum absolute atomic E-state index is 16.2. The Morgan fingerprint density at radius 1 is 0.327 bits per heavy atom. The van der Waals surface area contributed by atoms with E-state index in [0.29, 0.717) is 21.9 Å². The molecule has 0 amide bonds. The van der Waals surface area contributed by atoms with Gasteiger partial charge >= 0.3 is 0 Å². The molecule has 0 bridgehead atoms. The number of rotatable bonds is 7. The van der Waals surface area contributed by atoms with Crippen molar-refractivity contribution in [2.45, 2.75) is 0 Å². The van der Waals surface area contributed by atoms with Crippen molar-refractivity contribution in [3.63, 3.8) is 0 Å². The maximum atomic E-state index is 16.2. The molecule has 0 aliphatic heterocycles. The third-order valence-corrected chi connectivity index (χ3v) is 15.6. The van der Waals surface area contributed by atoms with Gasteiger partial charge in [-0.25, -0.2) is 17.6 Å². The standard InChI is InChI=1S/C44H28F4O2P2/c45-31-11-5-15-35(25-31)51(49,36-16-6-12-32(46)26-36)41-23-21-29-9-1-3-19-39(29)43(41)44-40-20-4-2-10-30(40)22-24-42(44)52(50,37-17-7-13-33(47)27-37)38-18-8-14-34(48)28-38/h1-28H. The lowest BCUT2D eigenvalue weighted by atomic mass is 9.93. The van der Waals surface area contributed by atoms with Gasteiger partial charge in [-0.05, 0) is 82.2 Å². The van der Waals surface area contributed by atoms with E-state index in [1.54, 1.807) is 36.4 Å². The Morgan fingerprint density at radius 3 is 0.942 bits per heavy atom. The van der Waals surface area contributed by atoms with E-state index in [9.17, 15) is 0 Å². The molecule has 0 N–H and O–H groups in total. The lowest BCUT2D eigenvalue weighted by Crippen LogP contribution is -2.30. The lowest BCUT2D eigenvalue weighted by Gasteiger charge is -2.28. The highest BCUT2D eigenvalue weighted by molar-refractivity contribution is 7.86. The fraction of sp³-hybridized carbons (Fsp3) is 0. The molecule has 0 atom stereocenters. The normalized spacial score (nSPS) is 12.0. The molecule has 0 fully saturated rings. The molecule has 254 valence electrons. The summed E-state index contributed by atoms with van der Waals surface area (Å²) >= 11 is 0. The Morgan fingerprint density at radius 2 is 0.635 bits per heavy atom. The molecule has 0 heterocycles. The van der Waals surface area contributed by atoms with Crippen LogP contribution in [0.3, 0.4) is 0 Å². The van der Waals surface area contributed by atoms with E-state index >= 15 is 26.7 Å². The van der Waals surface area contributed by atoms with E-state index in [-0.39, 0.29) is 31.8 Å². The van der Waals surface area contributed by atoms with Gasteiger partial charge < -0.3 is 9.13 Å². The maximum Gasteiger partial charge on any atom is 0.171 e. The van der Waals surface area contributed by atoms with Crippen LogP contribution in [-0.2, 0) is 9.13 Å². The first-order chi connectivity index (χ1) is 25.2. The van der Waals surface area contributed by atoms with Crippen LogP contribution in [0.5, 0.6) is 0 Å². The SMILES string of the molecule is O=P(c1cccc(F)c1)(c1cccc(F)c1)c1ccc2ccccc2c1-c1c(P(=O)(c2cccc(F)c2)c2cccc(F)c2)ccc2ccccc12. The molecule has 0 saturated carbocycles. The number of halogens is 4. The highest BCUT2D eigenvalue weighted by Gasteiger charge is 2.38. The first kappa shape index (κ1) is 33.6. The molecule has 0 saturated heterocycles. The largest absolute Gasteiger partial charge is 0.309 e. The summed E-state index contributed by atoms with van der Waals surface area (Å²) in [5, 5.41) is 3.84. The quantitative estimate of drug-likeness (QED) is 0.121. The van der Waals surface area contributed by atoms with E-state index < -0.39 is 37.6 Å². The van der Waals surface area contributed by atoms with Crippen molar-refractivity contribution in [1.82, 2.24) is 0 Å². The van der Waals surface area contributed by atoms with Crippen molar-refractivity contribution < 1.29 is 26.7 Å². The molecule has 0 radical (unpaired) electrons. The molecule has 52 heavy (non-hydrogen) atoms. The van der Waals surface area contributed by atoms with Crippen LogP contribution in [0.15, 0.2) is 170 Å². The minimum absolute atomic E-state index is 0.134. The second-order valence-electron chi connectivity index (χ2n) is 12.5. The molecule has 0 aliphatic carbocycles. The van der Waals surface area contributed by atoms with Gasteiger partial charge in [-0.2, -0.15) is 0 Å². The smallest absolute Gasteiger partial charge is 0.171 e. The zero-order chi connectivity index (χ0) is 36.0. The molecule has 8 aromatic rings. The van der Waals surface area contributed by atoms with Gasteiger partial charge in [0.15, 0.2) is 14.3 Å². The predicted octanol–water partition coefficient (Wildman–Crippen LogP) is 9.50. The first-order valence-corrected chi connectivity index (χ1v) is 19.9. The summed E-state index contributed by atoms with van der Waals surface area (Å²) < 4.78 is 92.6. The van der Waals surface area contributed by atoms with Gasteiger partial charge in [-0.1, -0.05) is 109 Å². The topological polar surface area (TPSA) is 34.1 Å². The zero-order valence-corrected chi connectivity index (χ0v) is 29.2. The summed E-state index contributed by atoms with van der Waals surface area (Å²) in [6, 6.07) is 43.7. The number of benzene rings is 8. The zero-order valence-electron chi connectivity index (χ0n) is 27.4. The fourth-order valence-corrected chi connectivity index (χ4v) is 12.9. The third-order valence-electron chi connectivity index (χ3n) is 9.43. The van der Waals surface area contributed by atoms with Crippen molar-refractivity contribution in [3.8, 4) is 11.1 Å². The summed E-state index contributed by atoms with van der Waals surface area (Å²) in [7, 11) is -8.27. The molecule has 8 aromatic carbocycles. The Hall–Kier alpha value is -5.54. The predicted molar refractivity (Wildman–Crippen MR) is 206 cm³/mol. The van der Waals surface area contributed by atoms with Gasteiger partial charge in [-0.3, -0.25) is 0 Å². The fourth-order valence-electron chi connectivity index (χ4n) is 7.11. The Labute approximate surface area is 297 Å². The summed E-state index contributed by atoms with van der Waals surface area (Å²) in [4.78, 5) is 0. The van der Waals surface area contributed by atoms with Crippen LogP contribution in [0, 0.1) is 23.3 Å². The van der Waals surface area contributed by atoms with E-state index in [4.69, 9.17) is 0 Å². The highest BCUT2D eigenvalue weighted by atomic mass is 31.2. The van der Waals surface area contributed by atoms with E-state index in [0.717, 1.165) is 10.8 Å². The molecule has 0 spiro atoms. The number of hydrogen-bond donors (Lipinski definition) is 0. The summed E-state index contributed by atoms with van der Waals surface area (Å²) in [6.07, 6.45) is 0. The van der Waals surface area contributed by atoms with Crippen LogP contribution in [-0.4, -0.2) is 0 Å². The van der Waals surface area contributed by atoms with Gasteiger partial charge in [0, 0.05) is 43.0 Å². The second-order valence-corrected chi connectivity index (χ2v) is 18.0. The molecule has 0 unspecified atom stereocenters.